The molecule has 0 amide bonds. The largest absolute Gasteiger partial charge is 0.370 e. The van der Waals surface area contributed by atoms with Crippen LogP contribution in [0, 0.1) is 6.92 Å². The maximum atomic E-state index is 4.78. The van der Waals surface area contributed by atoms with Crippen LogP contribution in [0.1, 0.15) is 24.7 Å². The number of aryl methyl sites for hydroxylation is 1. The molecule has 4 heteroatoms. The van der Waals surface area contributed by atoms with Gasteiger partial charge in [-0.3, -0.25) is 0 Å². The van der Waals surface area contributed by atoms with Gasteiger partial charge in [0.2, 0.25) is 0 Å². The summed E-state index contributed by atoms with van der Waals surface area (Å²) in [6, 6.07) is 10.5. The first-order valence-electron chi connectivity index (χ1n) is 7.38. The number of fused-ring (bicyclic) bond motifs is 1. The smallest absolute Gasteiger partial charge is 0.131 e. The fourth-order valence-corrected chi connectivity index (χ4v) is 2.43. The molecule has 0 aliphatic rings. The van der Waals surface area contributed by atoms with E-state index < -0.39 is 0 Å². The van der Waals surface area contributed by atoms with Gasteiger partial charge in [-0.25, -0.2) is 9.97 Å². The average molecular weight is 280 g/mol. The number of aromatic nitrogens is 3. The maximum absolute atomic E-state index is 4.78. The zero-order chi connectivity index (χ0) is 14.7. The number of rotatable bonds is 5. The van der Waals surface area contributed by atoms with E-state index in [9.17, 15) is 0 Å². The Balaban J connectivity index is 2.02. The minimum atomic E-state index is 0.787. The van der Waals surface area contributed by atoms with Crippen molar-refractivity contribution in [1.82, 2.24) is 14.5 Å². The van der Waals surface area contributed by atoms with Gasteiger partial charge in [0.1, 0.15) is 11.6 Å². The molecule has 2 heterocycles. The minimum Gasteiger partial charge on any atom is -0.370 e. The Bertz CT molecular complexity index is 745. The lowest BCUT2D eigenvalue weighted by molar-refractivity contribution is 0.760. The van der Waals surface area contributed by atoms with Crippen molar-refractivity contribution in [2.75, 3.05) is 11.9 Å². The topological polar surface area (TPSA) is 42.7 Å². The van der Waals surface area contributed by atoms with Gasteiger partial charge in [0, 0.05) is 29.9 Å². The molecule has 0 saturated carbocycles. The highest BCUT2D eigenvalue weighted by Crippen LogP contribution is 2.21. The first-order chi connectivity index (χ1) is 10.3. The van der Waals surface area contributed by atoms with Crippen LogP contribution in [0.2, 0.25) is 0 Å². The molecule has 0 aliphatic heterocycles. The molecule has 0 spiro atoms. The van der Waals surface area contributed by atoms with Gasteiger partial charge in [0.25, 0.3) is 0 Å². The molecule has 0 unspecified atom stereocenters. The highest BCUT2D eigenvalue weighted by Gasteiger charge is 2.08. The molecule has 3 aromatic rings. The predicted molar refractivity (Wildman–Crippen MR) is 86.6 cm³/mol. The van der Waals surface area contributed by atoms with Gasteiger partial charge in [0.15, 0.2) is 0 Å². The van der Waals surface area contributed by atoms with Gasteiger partial charge in [-0.15, -0.1) is 0 Å². The molecule has 108 valence electrons. The van der Waals surface area contributed by atoms with E-state index in [0.717, 1.165) is 36.7 Å². The van der Waals surface area contributed by atoms with Crippen molar-refractivity contribution in [2.24, 2.45) is 0 Å². The summed E-state index contributed by atoms with van der Waals surface area (Å²) in [7, 11) is 0. The van der Waals surface area contributed by atoms with Crippen molar-refractivity contribution in [3.63, 3.8) is 0 Å². The lowest BCUT2D eigenvalue weighted by atomic mass is 10.1. The van der Waals surface area contributed by atoms with E-state index in [0.29, 0.717) is 0 Å². The van der Waals surface area contributed by atoms with E-state index in [1.54, 1.807) is 0 Å². The third-order valence-electron chi connectivity index (χ3n) is 3.61. The van der Waals surface area contributed by atoms with Crippen LogP contribution in [0.5, 0.6) is 0 Å². The Morgan fingerprint density at radius 2 is 2.10 bits per heavy atom. The van der Waals surface area contributed by atoms with Crippen LogP contribution in [0.15, 0.2) is 42.7 Å². The van der Waals surface area contributed by atoms with Crippen molar-refractivity contribution in [1.29, 1.82) is 0 Å². The molecular weight excluding hydrogens is 260 g/mol. The summed E-state index contributed by atoms with van der Waals surface area (Å²) in [5.41, 5.74) is 2.23. The number of nitrogens with one attached hydrogen (secondary N) is 1. The molecule has 1 aromatic carbocycles. The van der Waals surface area contributed by atoms with E-state index in [-0.39, 0.29) is 0 Å². The Labute approximate surface area is 124 Å². The zero-order valence-corrected chi connectivity index (χ0v) is 12.5. The average Bonchev–Trinajstić information content (AvgIpc) is 2.90. The third kappa shape index (κ3) is 2.89. The van der Waals surface area contributed by atoms with E-state index in [4.69, 9.17) is 4.98 Å². The molecule has 0 aliphatic carbocycles. The van der Waals surface area contributed by atoms with E-state index in [2.05, 4.69) is 46.1 Å². The second kappa shape index (κ2) is 5.95. The van der Waals surface area contributed by atoms with Crippen LogP contribution in [-0.4, -0.2) is 21.1 Å². The summed E-state index contributed by atoms with van der Waals surface area (Å²) >= 11 is 0. The molecule has 3 rings (SSSR count). The molecule has 0 bridgehead atoms. The van der Waals surface area contributed by atoms with Gasteiger partial charge in [-0.1, -0.05) is 25.1 Å². The van der Waals surface area contributed by atoms with Gasteiger partial charge < -0.3 is 9.88 Å². The summed E-state index contributed by atoms with van der Waals surface area (Å²) in [5.74, 6) is 1.99. The van der Waals surface area contributed by atoms with Gasteiger partial charge >= 0.3 is 0 Å². The Morgan fingerprint density at radius 3 is 2.86 bits per heavy atom. The van der Waals surface area contributed by atoms with Crippen LogP contribution in [-0.2, 0) is 6.54 Å². The maximum Gasteiger partial charge on any atom is 0.131 e. The highest BCUT2D eigenvalue weighted by molar-refractivity contribution is 5.81. The van der Waals surface area contributed by atoms with E-state index >= 15 is 0 Å². The van der Waals surface area contributed by atoms with Crippen LogP contribution >= 0.6 is 0 Å². The molecule has 0 atom stereocenters. The number of hydrogen-bond acceptors (Lipinski definition) is 3. The van der Waals surface area contributed by atoms with Crippen molar-refractivity contribution in [2.45, 2.75) is 26.8 Å². The van der Waals surface area contributed by atoms with Crippen molar-refractivity contribution in [3.05, 3.63) is 54.1 Å². The normalized spacial score (nSPS) is 11.0. The Kier molecular flexibility index (Phi) is 3.86. The molecular formula is C17H20N4. The van der Waals surface area contributed by atoms with Crippen LogP contribution in [0.25, 0.3) is 10.9 Å². The zero-order valence-electron chi connectivity index (χ0n) is 12.5. The quantitative estimate of drug-likeness (QED) is 0.776. The number of nitrogens with zero attached hydrogens (tertiary/aromatic N) is 3. The monoisotopic (exact) mass is 280 g/mol. The molecule has 2 aromatic heterocycles. The standard InChI is InChI=1S/C17H20N4/c1-3-8-19-17-15(12-21-10-9-18-13(21)2)11-14-6-4-5-7-16(14)20-17/h4-7,9-11H,3,8,12H2,1-2H3,(H,19,20). The summed E-state index contributed by atoms with van der Waals surface area (Å²) in [6.07, 6.45) is 4.93. The SMILES string of the molecule is CCCNc1nc2ccccc2cc1Cn1ccnc1C. The summed E-state index contributed by atoms with van der Waals surface area (Å²) in [5, 5.41) is 4.62. The van der Waals surface area contributed by atoms with Crippen molar-refractivity contribution in [3.8, 4) is 0 Å². The van der Waals surface area contributed by atoms with Crippen LogP contribution < -0.4 is 5.32 Å². The molecule has 21 heavy (non-hydrogen) atoms. The first-order valence-corrected chi connectivity index (χ1v) is 7.38. The molecule has 0 fully saturated rings. The van der Waals surface area contributed by atoms with Crippen LogP contribution in [0.4, 0.5) is 5.82 Å². The number of imidazole rings is 1. The first kappa shape index (κ1) is 13.6. The van der Waals surface area contributed by atoms with E-state index in [1.807, 2.05) is 25.4 Å². The molecule has 4 nitrogen and oxygen atoms in total. The highest BCUT2D eigenvalue weighted by atomic mass is 15.1. The van der Waals surface area contributed by atoms with Crippen molar-refractivity contribution < 1.29 is 0 Å². The summed E-state index contributed by atoms with van der Waals surface area (Å²) < 4.78 is 2.14. The number of benzene rings is 1. The van der Waals surface area contributed by atoms with Crippen molar-refractivity contribution >= 4 is 16.7 Å². The second-order valence-electron chi connectivity index (χ2n) is 5.22. The Morgan fingerprint density at radius 1 is 1.24 bits per heavy atom. The third-order valence-corrected chi connectivity index (χ3v) is 3.61. The number of hydrogen-bond donors (Lipinski definition) is 1. The summed E-state index contributed by atoms with van der Waals surface area (Å²) in [6.45, 7) is 5.90. The lowest BCUT2D eigenvalue weighted by Gasteiger charge is -2.13. The predicted octanol–water partition coefficient (Wildman–Crippen LogP) is 3.61. The number of anilines is 1. The van der Waals surface area contributed by atoms with Gasteiger partial charge in [-0.05, 0) is 25.5 Å². The number of para-hydroxylation sites is 1. The van der Waals surface area contributed by atoms with Gasteiger partial charge in [0.05, 0.1) is 12.1 Å². The van der Waals surface area contributed by atoms with Crippen LogP contribution in [0.3, 0.4) is 0 Å². The Hall–Kier alpha value is -2.36. The lowest BCUT2D eigenvalue weighted by Crippen LogP contribution is -2.09. The summed E-state index contributed by atoms with van der Waals surface area (Å²) in [4.78, 5) is 9.07. The molecule has 0 saturated heterocycles. The molecule has 0 radical (unpaired) electrons. The van der Waals surface area contributed by atoms with Gasteiger partial charge in [-0.2, -0.15) is 0 Å². The van der Waals surface area contributed by atoms with E-state index in [1.165, 1.54) is 10.9 Å². The fourth-order valence-electron chi connectivity index (χ4n) is 2.43. The minimum absolute atomic E-state index is 0.787. The number of pyridine rings is 1. The molecule has 1 N–H and O–H groups in total. The fraction of sp³-hybridized carbons (Fsp3) is 0.294. The second-order valence-corrected chi connectivity index (χ2v) is 5.22.